The van der Waals surface area contributed by atoms with Crippen LogP contribution in [0.4, 0.5) is 30.6 Å². The van der Waals surface area contributed by atoms with Crippen LogP contribution in [0.5, 0.6) is 11.6 Å². The van der Waals surface area contributed by atoms with Crippen molar-refractivity contribution in [3.8, 4) is 22.8 Å². The first-order valence-electron chi connectivity index (χ1n) is 11.1. The van der Waals surface area contributed by atoms with Gasteiger partial charge in [0.15, 0.2) is 11.6 Å². The molecule has 1 saturated carbocycles. The number of halogens is 3. The molecule has 3 aromatic rings. The van der Waals surface area contributed by atoms with Gasteiger partial charge >= 0.3 is 6.61 Å². The number of pyridine rings is 1. The number of rotatable bonds is 7. The van der Waals surface area contributed by atoms with E-state index >= 15 is 0 Å². The van der Waals surface area contributed by atoms with Crippen molar-refractivity contribution in [3.63, 3.8) is 0 Å². The third-order valence-electron chi connectivity index (χ3n) is 6.51. The number of aromatic nitrogens is 3. The number of piperidine rings is 1. The topological polar surface area (TPSA) is 72.4 Å². The molecule has 1 aromatic carbocycles. The molecule has 0 unspecified atom stereocenters. The summed E-state index contributed by atoms with van der Waals surface area (Å²) in [7, 11) is 1.47. The fourth-order valence-corrected chi connectivity index (χ4v) is 4.27. The van der Waals surface area contributed by atoms with Crippen molar-refractivity contribution in [2.45, 2.75) is 32.3 Å². The SMILES string of the molecule is COc1ncc(-c2ccc(OC(F)F)cc2)cc1Nc1nc(N2CCC3(CC2)CC3)ncc1F. The van der Waals surface area contributed by atoms with Crippen LogP contribution in [-0.2, 0) is 0 Å². The molecule has 3 heterocycles. The summed E-state index contributed by atoms with van der Waals surface area (Å²) in [5.41, 5.74) is 2.31. The Balaban J connectivity index is 1.38. The highest BCUT2D eigenvalue weighted by Gasteiger charge is 2.44. The molecule has 34 heavy (non-hydrogen) atoms. The average Bonchev–Trinajstić information content (AvgIpc) is 3.60. The zero-order chi connectivity index (χ0) is 23.7. The Hall–Kier alpha value is -3.56. The molecule has 178 valence electrons. The number of methoxy groups -OCH3 is 1. The molecule has 1 spiro atoms. The van der Waals surface area contributed by atoms with E-state index in [1.54, 1.807) is 24.4 Å². The highest BCUT2D eigenvalue weighted by atomic mass is 19.3. The van der Waals surface area contributed by atoms with Crippen molar-refractivity contribution >= 4 is 17.5 Å². The smallest absolute Gasteiger partial charge is 0.387 e. The third kappa shape index (κ3) is 4.71. The van der Waals surface area contributed by atoms with Crippen LogP contribution < -0.4 is 19.7 Å². The van der Waals surface area contributed by atoms with Crippen LogP contribution in [0, 0.1) is 11.2 Å². The lowest BCUT2D eigenvalue weighted by Gasteiger charge is -2.32. The molecule has 2 aromatic heterocycles. The van der Waals surface area contributed by atoms with E-state index in [1.807, 2.05) is 0 Å². The zero-order valence-corrected chi connectivity index (χ0v) is 18.6. The van der Waals surface area contributed by atoms with Crippen LogP contribution in [0.1, 0.15) is 25.7 Å². The van der Waals surface area contributed by atoms with Crippen molar-refractivity contribution in [3.05, 3.63) is 48.5 Å². The molecule has 10 heteroatoms. The van der Waals surface area contributed by atoms with Gasteiger partial charge in [-0.3, -0.25) is 0 Å². The summed E-state index contributed by atoms with van der Waals surface area (Å²) in [6.45, 7) is -1.18. The minimum atomic E-state index is -2.89. The first-order chi connectivity index (χ1) is 16.4. The Morgan fingerprint density at radius 1 is 1.00 bits per heavy atom. The van der Waals surface area contributed by atoms with Gasteiger partial charge in [-0.1, -0.05) is 12.1 Å². The van der Waals surface area contributed by atoms with Gasteiger partial charge in [0, 0.05) is 24.8 Å². The second-order valence-corrected chi connectivity index (χ2v) is 8.66. The number of alkyl halides is 2. The molecule has 7 nitrogen and oxygen atoms in total. The van der Waals surface area contributed by atoms with Gasteiger partial charge in [0.1, 0.15) is 11.4 Å². The Labute approximate surface area is 195 Å². The maximum Gasteiger partial charge on any atom is 0.387 e. The Morgan fingerprint density at radius 3 is 2.38 bits per heavy atom. The minimum Gasteiger partial charge on any atom is -0.480 e. The van der Waals surface area contributed by atoms with Gasteiger partial charge in [-0.2, -0.15) is 13.8 Å². The van der Waals surface area contributed by atoms with E-state index in [0.717, 1.165) is 32.1 Å². The number of benzene rings is 1. The molecular weight excluding hydrogens is 447 g/mol. The molecule has 1 saturated heterocycles. The first-order valence-corrected chi connectivity index (χ1v) is 11.1. The molecule has 1 aliphatic heterocycles. The predicted octanol–water partition coefficient (Wildman–Crippen LogP) is 5.41. The predicted molar refractivity (Wildman–Crippen MR) is 121 cm³/mol. The number of hydrogen-bond donors (Lipinski definition) is 1. The molecule has 2 aliphatic rings. The van der Waals surface area contributed by atoms with E-state index in [4.69, 9.17) is 4.74 Å². The molecule has 5 rings (SSSR count). The van der Waals surface area contributed by atoms with Crippen molar-refractivity contribution in [2.75, 3.05) is 30.4 Å². The van der Waals surface area contributed by atoms with E-state index in [0.29, 0.717) is 28.2 Å². The summed E-state index contributed by atoms with van der Waals surface area (Å²) < 4.78 is 49.2. The summed E-state index contributed by atoms with van der Waals surface area (Å²) in [4.78, 5) is 15.0. The Kier molecular flexibility index (Phi) is 5.89. The highest BCUT2D eigenvalue weighted by Crippen LogP contribution is 2.53. The van der Waals surface area contributed by atoms with E-state index < -0.39 is 12.4 Å². The maximum absolute atomic E-state index is 14.6. The van der Waals surface area contributed by atoms with E-state index in [-0.39, 0.29) is 17.4 Å². The highest BCUT2D eigenvalue weighted by molar-refractivity contribution is 5.72. The number of nitrogens with zero attached hydrogens (tertiary/aromatic N) is 4. The van der Waals surface area contributed by atoms with Crippen LogP contribution in [0.25, 0.3) is 11.1 Å². The van der Waals surface area contributed by atoms with Crippen LogP contribution in [0.3, 0.4) is 0 Å². The van der Waals surface area contributed by atoms with Crippen LogP contribution >= 0.6 is 0 Å². The molecule has 0 atom stereocenters. The van der Waals surface area contributed by atoms with Gasteiger partial charge in [0.05, 0.1) is 13.3 Å². The molecule has 1 N–H and O–H groups in total. The van der Waals surface area contributed by atoms with Crippen LogP contribution in [0.2, 0.25) is 0 Å². The minimum absolute atomic E-state index is 0.0228. The monoisotopic (exact) mass is 471 g/mol. The Morgan fingerprint density at radius 2 is 1.74 bits per heavy atom. The normalized spacial score (nSPS) is 16.6. The lowest BCUT2D eigenvalue weighted by molar-refractivity contribution is -0.0498. The van der Waals surface area contributed by atoms with E-state index in [2.05, 4.69) is 29.9 Å². The lowest BCUT2D eigenvalue weighted by Crippen LogP contribution is -2.35. The van der Waals surface area contributed by atoms with Gasteiger partial charge in [-0.15, -0.1) is 0 Å². The summed E-state index contributed by atoms with van der Waals surface area (Å²) >= 11 is 0. The molecule has 0 amide bonds. The summed E-state index contributed by atoms with van der Waals surface area (Å²) in [6.07, 6.45) is 7.55. The lowest BCUT2D eigenvalue weighted by atomic mass is 9.94. The number of nitrogens with one attached hydrogen (secondary N) is 1. The van der Waals surface area contributed by atoms with E-state index in [1.165, 1.54) is 32.1 Å². The maximum atomic E-state index is 14.6. The second-order valence-electron chi connectivity index (χ2n) is 8.66. The van der Waals surface area contributed by atoms with Crippen molar-refractivity contribution in [2.24, 2.45) is 5.41 Å². The molecule has 2 fully saturated rings. The number of ether oxygens (including phenoxy) is 2. The Bertz CT molecular complexity index is 1160. The number of hydrogen-bond acceptors (Lipinski definition) is 7. The molecular formula is C24H24F3N5O2. The quantitative estimate of drug-likeness (QED) is 0.494. The van der Waals surface area contributed by atoms with Crippen molar-refractivity contribution in [1.29, 1.82) is 0 Å². The van der Waals surface area contributed by atoms with Crippen LogP contribution in [0.15, 0.2) is 42.7 Å². The fraction of sp³-hybridized carbons (Fsp3) is 0.375. The average molecular weight is 471 g/mol. The summed E-state index contributed by atoms with van der Waals surface area (Å²) in [6, 6.07) is 7.89. The van der Waals surface area contributed by atoms with Gasteiger partial charge in [0.2, 0.25) is 11.8 Å². The van der Waals surface area contributed by atoms with Crippen molar-refractivity contribution < 1.29 is 22.6 Å². The van der Waals surface area contributed by atoms with Crippen LogP contribution in [-0.4, -0.2) is 41.8 Å². The van der Waals surface area contributed by atoms with Gasteiger partial charge in [-0.25, -0.2) is 14.4 Å². The largest absolute Gasteiger partial charge is 0.480 e. The van der Waals surface area contributed by atoms with Gasteiger partial charge < -0.3 is 19.7 Å². The van der Waals surface area contributed by atoms with Crippen molar-refractivity contribution in [1.82, 2.24) is 15.0 Å². The first kappa shape index (κ1) is 22.2. The van der Waals surface area contributed by atoms with Gasteiger partial charge in [0.25, 0.3) is 0 Å². The van der Waals surface area contributed by atoms with Gasteiger partial charge in [-0.05, 0) is 54.9 Å². The standard InChI is InChI=1S/C24H24F3N5O2/c1-33-21-19(12-16(13-28-21)15-2-4-17(5-3-15)34-22(26)27)30-20-18(25)14-29-23(31-20)32-10-8-24(6-7-24)9-11-32/h2-5,12-14,22H,6-11H2,1H3,(H,29,30,31). The summed E-state index contributed by atoms with van der Waals surface area (Å²) in [5.74, 6) is 0.223. The molecule has 1 aliphatic carbocycles. The fourth-order valence-electron chi connectivity index (χ4n) is 4.27. The molecule has 0 bridgehead atoms. The zero-order valence-electron chi connectivity index (χ0n) is 18.6. The second kappa shape index (κ2) is 9.00. The van der Waals surface area contributed by atoms with E-state index in [9.17, 15) is 13.2 Å². The number of anilines is 3. The molecule has 0 radical (unpaired) electrons. The summed E-state index contributed by atoms with van der Waals surface area (Å²) in [5, 5.41) is 2.98. The third-order valence-corrected chi connectivity index (χ3v) is 6.51.